The van der Waals surface area contributed by atoms with Crippen molar-refractivity contribution in [3.8, 4) is 0 Å². The van der Waals surface area contributed by atoms with Crippen LogP contribution in [0.3, 0.4) is 0 Å². The molecule has 2 rings (SSSR count). The third-order valence-electron chi connectivity index (χ3n) is 2.80. The van der Waals surface area contributed by atoms with Crippen molar-refractivity contribution in [3.63, 3.8) is 0 Å². The van der Waals surface area contributed by atoms with E-state index in [9.17, 15) is 4.79 Å². The quantitative estimate of drug-likeness (QED) is 0.823. The van der Waals surface area contributed by atoms with Gasteiger partial charge in [0.2, 0.25) is 0 Å². The molecule has 0 atom stereocenters. The SMILES string of the molecule is Cc1ccc(C(=O)Nc2cc(Cl)ccc2Br)c(C)c1. The van der Waals surface area contributed by atoms with Crippen molar-refractivity contribution in [1.82, 2.24) is 0 Å². The molecule has 0 spiro atoms. The van der Waals surface area contributed by atoms with Crippen LogP contribution in [-0.4, -0.2) is 5.91 Å². The molecule has 1 amide bonds. The molecule has 0 bridgehead atoms. The van der Waals surface area contributed by atoms with E-state index in [1.165, 1.54) is 0 Å². The van der Waals surface area contributed by atoms with Gasteiger partial charge < -0.3 is 5.32 Å². The van der Waals surface area contributed by atoms with E-state index in [-0.39, 0.29) is 5.91 Å². The van der Waals surface area contributed by atoms with E-state index in [0.29, 0.717) is 16.3 Å². The van der Waals surface area contributed by atoms with Gasteiger partial charge in [0.25, 0.3) is 5.91 Å². The highest BCUT2D eigenvalue weighted by Crippen LogP contribution is 2.26. The van der Waals surface area contributed by atoms with Crippen molar-refractivity contribution in [2.75, 3.05) is 5.32 Å². The van der Waals surface area contributed by atoms with Gasteiger partial charge in [0, 0.05) is 15.1 Å². The molecule has 0 aliphatic rings. The summed E-state index contributed by atoms with van der Waals surface area (Å²) >= 11 is 9.31. The summed E-state index contributed by atoms with van der Waals surface area (Å²) < 4.78 is 0.801. The molecule has 0 radical (unpaired) electrons. The Labute approximate surface area is 125 Å². The third kappa shape index (κ3) is 3.37. The fourth-order valence-electron chi connectivity index (χ4n) is 1.85. The Morgan fingerprint density at radius 2 is 1.89 bits per heavy atom. The van der Waals surface area contributed by atoms with Crippen LogP contribution in [0.4, 0.5) is 5.69 Å². The monoisotopic (exact) mass is 337 g/mol. The summed E-state index contributed by atoms with van der Waals surface area (Å²) in [5.74, 6) is -0.138. The van der Waals surface area contributed by atoms with E-state index in [0.717, 1.165) is 15.6 Å². The second kappa shape index (κ2) is 5.76. The summed E-state index contributed by atoms with van der Waals surface area (Å²) in [6, 6.07) is 11.0. The minimum absolute atomic E-state index is 0.138. The largest absolute Gasteiger partial charge is 0.321 e. The van der Waals surface area contributed by atoms with Crippen LogP contribution < -0.4 is 5.32 Å². The van der Waals surface area contributed by atoms with Crippen LogP contribution in [0.15, 0.2) is 40.9 Å². The van der Waals surface area contributed by atoms with E-state index >= 15 is 0 Å². The number of hydrogen-bond donors (Lipinski definition) is 1. The van der Waals surface area contributed by atoms with Gasteiger partial charge in [-0.1, -0.05) is 29.3 Å². The average molecular weight is 339 g/mol. The number of amides is 1. The highest BCUT2D eigenvalue weighted by Gasteiger charge is 2.11. The van der Waals surface area contributed by atoms with Gasteiger partial charge in [0.05, 0.1) is 5.69 Å². The van der Waals surface area contributed by atoms with Gasteiger partial charge in [-0.15, -0.1) is 0 Å². The smallest absolute Gasteiger partial charge is 0.255 e. The van der Waals surface area contributed by atoms with Crippen molar-refractivity contribution in [1.29, 1.82) is 0 Å². The van der Waals surface area contributed by atoms with E-state index in [1.54, 1.807) is 18.2 Å². The molecule has 0 aliphatic carbocycles. The Balaban J connectivity index is 2.28. The van der Waals surface area contributed by atoms with Gasteiger partial charge in [0.1, 0.15) is 0 Å². The first kappa shape index (κ1) is 14.1. The molecule has 0 aromatic heterocycles. The Bertz CT molecular complexity index is 640. The van der Waals surface area contributed by atoms with E-state index < -0.39 is 0 Å². The Morgan fingerprint density at radius 1 is 1.16 bits per heavy atom. The molecular formula is C15H13BrClNO. The lowest BCUT2D eigenvalue weighted by molar-refractivity contribution is 0.102. The van der Waals surface area contributed by atoms with Gasteiger partial charge >= 0.3 is 0 Å². The fraction of sp³-hybridized carbons (Fsp3) is 0.133. The van der Waals surface area contributed by atoms with Gasteiger partial charge in [-0.2, -0.15) is 0 Å². The summed E-state index contributed by atoms with van der Waals surface area (Å²) in [7, 11) is 0. The molecule has 4 heteroatoms. The first-order valence-electron chi connectivity index (χ1n) is 5.81. The number of carbonyl (C=O) groups is 1. The summed E-state index contributed by atoms with van der Waals surface area (Å²) in [6.07, 6.45) is 0. The number of hydrogen-bond acceptors (Lipinski definition) is 1. The number of carbonyl (C=O) groups excluding carboxylic acids is 1. The fourth-order valence-corrected chi connectivity index (χ4v) is 2.37. The van der Waals surface area contributed by atoms with Crippen molar-refractivity contribution in [2.45, 2.75) is 13.8 Å². The summed E-state index contributed by atoms with van der Waals surface area (Å²) in [5.41, 5.74) is 3.42. The number of halogens is 2. The second-order valence-electron chi connectivity index (χ2n) is 4.40. The lowest BCUT2D eigenvalue weighted by Gasteiger charge is -2.10. The van der Waals surface area contributed by atoms with Crippen LogP contribution in [0.2, 0.25) is 5.02 Å². The minimum atomic E-state index is -0.138. The standard InChI is InChI=1S/C15H13BrClNO/c1-9-3-5-12(10(2)7-9)15(19)18-14-8-11(17)4-6-13(14)16/h3-8H,1-2H3,(H,18,19). The van der Waals surface area contributed by atoms with Crippen LogP contribution in [0.1, 0.15) is 21.5 Å². The topological polar surface area (TPSA) is 29.1 Å². The van der Waals surface area contributed by atoms with Crippen LogP contribution >= 0.6 is 27.5 Å². The summed E-state index contributed by atoms with van der Waals surface area (Å²) in [4.78, 5) is 12.2. The average Bonchev–Trinajstić information content (AvgIpc) is 2.33. The lowest BCUT2D eigenvalue weighted by atomic mass is 10.1. The highest BCUT2D eigenvalue weighted by molar-refractivity contribution is 9.10. The van der Waals surface area contributed by atoms with Crippen LogP contribution in [0.5, 0.6) is 0 Å². The number of aryl methyl sites for hydroxylation is 2. The van der Waals surface area contributed by atoms with Crippen molar-refractivity contribution < 1.29 is 4.79 Å². The van der Waals surface area contributed by atoms with Gasteiger partial charge in [-0.3, -0.25) is 4.79 Å². The predicted molar refractivity (Wildman–Crippen MR) is 83.0 cm³/mol. The molecule has 0 aliphatic heterocycles. The van der Waals surface area contributed by atoms with Crippen LogP contribution in [0, 0.1) is 13.8 Å². The molecule has 98 valence electrons. The summed E-state index contributed by atoms with van der Waals surface area (Å²) in [6.45, 7) is 3.93. The second-order valence-corrected chi connectivity index (χ2v) is 5.69. The zero-order chi connectivity index (χ0) is 14.0. The van der Waals surface area contributed by atoms with E-state index in [4.69, 9.17) is 11.6 Å². The zero-order valence-electron chi connectivity index (χ0n) is 10.6. The molecule has 0 heterocycles. The zero-order valence-corrected chi connectivity index (χ0v) is 13.0. The van der Waals surface area contributed by atoms with Crippen LogP contribution in [-0.2, 0) is 0 Å². The van der Waals surface area contributed by atoms with E-state index in [1.807, 2.05) is 32.0 Å². The molecule has 0 saturated heterocycles. The molecule has 2 aromatic rings. The highest BCUT2D eigenvalue weighted by atomic mass is 79.9. The van der Waals surface area contributed by atoms with Crippen molar-refractivity contribution in [3.05, 3.63) is 62.6 Å². The Morgan fingerprint density at radius 3 is 2.58 bits per heavy atom. The first-order chi connectivity index (χ1) is 8.97. The molecule has 2 aromatic carbocycles. The molecule has 2 nitrogen and oxygen atoms in total. The number of benzene rings is 2. The molecule has 19 heavy (non-hydrogen) atoms. The first-order valence-corrected chi connectivity index (χ1v) is 6.98. The van der Waals surface area contributed by atoms with Gasteiger partial charge in [-0.25, -0.2) is 0 Å². The maximum absolute atomic E-state index is 12.2. The molecule has 1 N–H and O–H groups in total. The van der Waals surface area contributed by atoms with Gasteiger partial charge in [-0.05, 0) is 59.6 Å². The predicted octanol–water partition coefficient (Wildman–Crippen LogP) is 4.97. The number of rotatable bonds is 2. The maximum atomic E-state index is 12.2. The number of anilines is 1. The third-order valence-corrected chi connectivity index (χ3v) is 3.73. The van der Waals surface area contributed by atoms with E-state index in [2.05, 4.69) is 21.2 Å². The number of nitrogens with one attached hydrogen (secondary N) is 1. The maximum Gasteiger partial charge on any atom is 0.255 e. The summed E-state index contributed by atoms with van der Waals surface area (Å²) in [5, 5.41) is 3.44. The molecular weight excluding hydrogens is 326 g/mol. The lowest BCUT2D eigenvalue weighted by Crippen LogP contribution is -2.13. The Kier molecular flexibility index (Phi) is 4.27. The molecule has 0 unspecified atom stereocenters. The molecule has 0 saturated carbocycles. The molecule has 0 fully saturated rings. The normalized spacial score (nSPS) is 10.3. The van der Waals surface area contributed by atoms with Crippen molar-refractivity contribution >= 4 is 39.1 Å². The Hall–Kier alpha value is -1.32. The van der Waals surface area contributed by atoms with Crippen LogP contribution in [0.25, 0.3) is 0 Å². The van der Waals surface area contributed by atoms with Gasteiger partial charge in [0.15, 0.2) is 0 Å². The minimum Gasteiger partial charge on any atom is -0.321 e. The van der Waals surface area contributed by atoms with Crippen molar-refractivity contribution in [2.24, 2.45) is 0 Å².